The number of hydrogen-bond donors (Lipinski definition) is 11. The van der Waals surface area contributed by atoms with E-state index in [9.17, 15) is 25.2 Å². The summed E-state index contributed by atoms with van der Waals surface area (Å²) < 4.78 is 23.8. The minimum atomic E-state index is -1.49. The van der Waals surface area contributed by atoms with Crippen molar-refractivity contribution in [1.29, 1.82) is 0 Å². The van der Waals surface area contributed by atoms with Gasteiger partial charge in [-0.25, -0.2) is 0 Å². The summed E-state index contributed by atoms with van der Waals surface area (Å²) in [6.45, 7) is 5.73. The number of amides is 1. The molecule has 244 valence electrons. The Bertz CT molecular complexity index is 921. The Morgan fingerprint density at radius 2 is 1.86 bits per heavy atom. The van der Waals surface area contributed by atoms with Gasteiger partial charge >= 0.3 is 0 Å². The van der Waals surface area contributed by atoms with Gasteiger partial charge in [0, 0.05) is 24.7 Å². The van der Waals surface area contributed by atoms with Crippen molar-refractivity contribution in [3.63, 3.8) is 0 Å². The van der Waals surface area contributed by atoms with Crippen LogP contribution in [0.5, 0.6) is 0 Å². The summed E-state index contributed by atoms with van der Waals surface area (Å²) in [5.74, 6) is -0.181. The SMILES string of the molecule is CN[C@@H]1[C@@H](O)[C@@H](O[C@@H]2[C@@H](O)[C@H](O[C@H]3OC(CNCC(C)(C)N)=CC[C@H]3N)[C@@H](N)C[C@H]2NC(=O)[C@@H](O)CN)OC[C@]1(C)O. The maximum atomic E-state index is 12.5. The molecule has 3 rings (SSSR count). The number of rotatable bonds is 12. The summed E-state index contributed by atoms with van der Waals surface area (Å²) in [4.78, 5) is 12.5. The fourth-order valence-electron chi connectivity index (χ4n) is 5.41. The largest absolute Gasteiger partial charge is 0.467 e. The molecule has 42 heavy (non-hydrogen) atoms. The number of aliphatic hydroxyl groups excluding tert-OH is 3. The topological polar surface area (TPSA) is 275 Å². The standard InChI is InChI=1S/C26H51N7O9/c1-25(2,30)10-32-9-12-5-6-13(28)23(40-12)41-19-14(29)7-15(33-22(37)16(34)8-27)20(17(19)35)42-24-18(36)21(31-4)26(3,38)11-39-24/h5,13-21,23-24,31-32,34-36,38H,6-11,27-30H2,1-4H3,(H,33,37)/t13-,14+,15-,16+,17+,18-,19-,20+,21-,23-,24-,26+/m1/s1. The second-order valence-electron chi connectivity index (χ2n) is 12.4. The van der Waals surface area contributed by atoms with E-state index in [1.807, 2.05) is 19.9 Å². The average Bonchev–Trinajstić information content (AvgIpc) is 2.90. The molecule has 2 fully saturated rings. The number of hydrogen-bond acceptors (Lipinski definition) is 15. The summed E-state index contributed by atoms with van der Waals surface area (Å²) in [6.07, 6.45) is -6.45. The molecule has 1 saturated carbocycles. The third-order valence-electron chi connectivity index (χ3n) is 7.71. The molecule has 1 saturated heterocycles. The number of ether oxygens (including phenoxy) is 4. The number of carbonyl (C=O) groups is 1. The zero-order chi connectivity index (χ0) is 31.4. The Morgan fingerprint density at radius 3 is 2.48 bits per heavy atom. The van der Waals surface area contributed by atoms with Gasteiger partial charge in [-0.1, -0.05) is 0 Å². The molecule has 0 radical (unpaired) electrons. The van der Waals surface area contributed by atoms with Crippen molar-refractivity contribution in [2.75, 3.05) is 33.3 Å². The Labute approximate surface area is 246 Å². The fourth-order valence-corrected chi connectivity index (χ4v) is 5.41. The molecule has 3 aliphatic rings. The molecule has 16 nitrogen and oxygen atoms in total. The number of nitrogens with one attached hydrogen (secondary N) is 3. The summed E-state index contributed by atoms with van der Waals surface area (Å²) in [6, 6.07) is -3.12. The van der Waals surface area contributed by atoms with E-state index in [1.165, 1.54) is 6.92 Å². The Morgan fingerprint density at radius 1 is 1.19 bits per heavy atom. The highest BCUT2D eigenvalue weighted by Gasteiger charge is 2.51. The van der Waals surface area contributed by atoms with Gasteiger partial charge in [-0.3, -0.25) is 4.79 Å². The van der Waals surface area contributed by atoms with Crippen LogP contribution in [0.15, 0.2) is 11.8 Å². The van der Waals surface area contributed by atoms with E-state index in [2.05, 4.69) is 16.0 Å². The molecule has 0 unspecified atom stereocenters. The molecule has 0 aromatic heterocycles. The molecule has 2 aliphatic heterocycles. The van der Waals surface area contributed by atoms with Crippen molar-refractivity contribution < 1.29 is 44.2 Å². The smallest absolute Gasteiger partial charge is 0.250 e. The number of carbonyl (C=O) groups excluding carboxylic acids is 1. The molecule has 1 amide bonds. The third kappa shape index (κ3) is 8.78. The number of aliphatic hydroxyl groups is 4. The zero-order valence-corrected chi connectivity index (χ0v) is 24.8. The van der Waals surface area contributed by atoms with Gasteiger partial charge in [0.2, 0.25) is 12.2 Å². The minimum Gasteiger partial charge on any atom is -0.467 e. The van der Waals surface area contributed by atoms with Crippen LogP contribution in [-0.2, 0) is 23.7 Å². The van der Waals surface area contributed by atoms with E-state index in [1.54, 1.807) is 7.05 Å². The summed E-state index contributed by atoms with van der Waals surface area (Å²) in [5.41, 5.74) is 22.4. The van der Waals surface area contributed by atoms with Crippen molar-refractivity contribution in [1.82, 2.24) is 16.0 Å². The highest BCUT2D eigenvalue weighted by Crippen LogP contribution is 2.32. The second kappa shape index (κ2) is 14.5. The first-order chi connectivity index (χ1) is 19.6. The van der Waals surface area contributed by atoms with Crippen LogP contribution in [0.1, 0.15) is 33.6 Å². The second-order valence-corrected chi connectivity index (χ2v) is 12.4. The fraction of sp³-hybridized carbons (Fsp3) is 0.885. The first-order valence-corrected chi connectivity index (χ1v) is 14.3. The Hall–Kier alpha value is -1.51. The van der Waals surface area contributed by atoms with E-state index in [-0.39, 0.29) is 19.6 Å². The van der Waals surface area contributed by atoms with Crippen LogP contribution in [-0.4, -0.2) is 138 Å². The van der Waals surface area contributed by atoms with Crippen LogP contribution in [0, 0.1) is 0 Å². The predicted octanol–water partition coefficient (Wildman–Crippen LogP) is -5.01. The lowest BCUT2D eigenvalue weighted by molar-refractivity contribution is -0.304. The summed E-state index contributed by atoms with van der Waals surface area (Å²) in [7, 11) is 1.57. The van der Waals surface area contributed by atoms with Crippen molar-refractivity contribution in [3.8, 4) is 0 Å². The number of likely N-dealkylation sites (N-methyl/N-ethyl adjacent to an activating group) is 1. The molecule has 2 heterocycles. The maximum Gasteiger partial charge on any atom is 0.250 e. The highest BCUT2D eigenvalue weighted by molar-refractivity contribution is 5.81. The third-order valence-corrected chi connectivity index (χ3v) is 7.71. The quantitative estimate of drug-likeness (QED) is 0.0993. The average molecular weight is 606 g/mol. The van der Waals surface area contributed by atoms with Crippen molar-refractivity contribution in [3.05, 3.63) is 11.8 Å². The van der Waals surface area contributed by atoms with Gasteiger partial charge in [0.25, 0.3) is 0 Å². The van der Waals surface area contributed by atoms with Gasteiger partial charge in [-0.15, -0.1) is 0 Å². The minimum absolute atomic E-state index is 0.0587. The molecule has 0 spiro atoms. The molecule has 12 atom stereocenters. The lowest BCUT2D eigenvalue weighted by atomic mass is 9.83. The lowest BCUT2D eigenvalue weighted by Crippen LogP contribution is -2.69. The van der Waals surface area contributed by atoms with Crippen LogP contribution in [0.25, 0.3) is 0 Å². The van der Waals surface area contributed by atoms with Crippen LogP contribution >= 0.6 is 0 Å². The molecule has 1 aliphatic carbocycles. The van der Waals surface area contributed by atoms with Crippen LogP contribution in [0.3, 0.4) is 0 Å². The molecule has 15 N–H and O–H groups in total. The highest BCUT2D eigenvalue weighted by atomic mass is 16.7. The van der Waals surface area contributed by atoms with E-state index < -0.39 is 84.3 Å². The van der Waals surface area contributed by atoms with Gasteiger partial charge in [0.05, 0.1) is 31.3 Å². The molecular formula is C26H51N7O9. The molecule has 0 aromatic carbocycles. The van der Waals surface area contributed by atoms with Gasteiger partial charge in [-0.05, 0) is 46.7 Å². The molecule has 0 aromatic rings. The monoisotopic (exact) mass is 605 g/mol. The first-order valence-electron chi connectivity index (χ1n) is 14.3. The van der Waals surface area contributed by atoms with Gasteiger partial charge in [0.15, 0.2) is 6.29 Å². The van der Waals surface area contributed by atoms with E-state index in [0.717, 1.165) is 0 Å². The number of nitrogens with two attached hydrogens (primary N) is 4. The Balaban J connectivity index is 1.77. The molecular weight excluding hydrogens is 554 g/mol. The van der Waals surface area contributed by atoms with Crippen LogP contribution in [0.4, 0.5) is 0 Å². The first kappa shape index (κ1) is 35.0. The predicted molar refractivity (Wildman–Crippen MR) is 151 cm³/mol. The van der Waals surface area contributed by atoms with Crippen molar-refractivity contribution in [2.24, 2.45) is 22.9 Å². The van der Waals surface area contributed by atoms with E-state index in [4.69, 9.17) is 41.9 Å². The van der Waals surface area contributed by atoms with Crippen LogP contribution in [0.2, 0.25) is 0 Å². The summed E-state index contributed by atoms with van der Waals surface area (Å²) in [5, 5.41) is 51.7. The Kier molecular flexibility index (Phi) is 12.1. The normalized spacial score (nSPS) is 40.1. The maximum absolute atomic E-state index is 12.5. The van der Waals surface area contributed by atoms with Gasteiger partial charge in [0.1, 0.15) is 41.9 Å². The van der Waals surface area contributed by atoms with Gasteiger partial charge in [-0.2, -0.15) is 0 Å². The molecule has 16 heteroatoms. The van der Waals surface area contributed by atoms with Gasteiger partial charge < -0.3 is 78.3 Å². The van der Waals surface area contributed by atoms with E-state index >= 15 is 0 Å². The molecule has 0 bridgehead atoms. The summed E-state index contributed by atoms with van der Waals surface area (Å²) >= 11 is 0. The van der Waals surface area contributed by atoms with Crippen LogP contribution < -0.4 is 38.9 Å². The van der Waals surface area contributed by atoms with Crippen molar-refractivity contribution in [2.45, 2.75) is 112 Å². The van der Waals surface area contributed by atoms with Crippen molar-refractivity contribution >= 4 is 5.91 Å². The zero-order valence-electron chi connectivity index (χ0n) is 24.8. The van der Waals surface area contributed by atoms with E-state index in [0.29, 0.717) is 25.3 Å². The lowest BCUT2D eigenvalue weighted by Gasteiger charge is -2.48.